The molecule has 0 aromatic heterocycles. The van der Waals surface area contributed by atoms with Crippen molar-refractivity contribution in [3.8, 4) is 0 Å². The first-order valence-electron chi connectivity index (χ1n) is 4.84. The van der Waals surface area contributed by atoms with Crippen LogP contribution < -0.4 is 0 Å². The Labute approximate surface area is 81.0 Å². The van der Waals surface area contributed by atoms with Gasteiger partial charge in [-0.25, -0.2) is 4.39 Å². The molecule has 0 aliphatic heterocycles. The molecular weight excluding hydrogens is 183 g/mol. The molecule has 0 spiro atoms. The molecule has 2 N–H and O–H groups in total. The topological polar surface area (TPSA) is 40.5 Å². The number of benzene rings is 1. The second-order valence-electron chi connectivity index (χ2n) is 4.20. The number of rotatable bonds is 0. The lowest BCUT2D eigenvalue weighted by Gasteiger charge is -2.25. The van der Waals surface area contributed by atoms with E-state index in [1.54, 1.807) is 6.07 Å². The van der Waals surface area contributed by atoms with Crippen LogP contribution in [0.4, 0.5) is 4.39 Å². The van der Waals surface area contributed by atoms with Gasteiger partial charge in [-0.3, -0.25) is 0 Å². The van der Waals surface area contributed by atoms with Gasteiger partial charge in [0.05, 0.1) is 12.2 Å². The van der Waals surface area contributed by atoms with E-state index >= 15 is 0 Å². The van der Waals surface area contributed by atoms with Gasteiger partial charge in [0.15, 0.2) is 0 Å². The first kappa shape index (κ1) is 8.38. The van der Waals surface area contributed by atoms with Gasteiger partial charge in [0.1, 0.15) is 5.82 Å². The zero-order valence-electron chi connectivity index (χ0n) is 7.52. The first-order valence-corrected chi connectivity index (χ1v) is 4.84. The maximum Gasteiger partial charge on any atom is 0.123 e. The third-order valence-corrected chi connectivity index (χ3v) is 3.53. The van der Waals surface area contributed by atoms with Crippen LogP contribution in [0.1, 0.15) is 29.4 Å². The Morgan fingerprint density at radius 3 is 2.43 bits per heavy atom. The lowest BCUT2D eigenvalue weighted by molar-refractivity contribution is 0.0216. The molecule has 4 atom stereocenters. The van der Waals surface area contributed by atoms with E-state index < -0.39 is 12.2 Å². The molecule has 0 saturated heterocycles. The van der Waals surface area contributed by atoms with E-state index in [9.17, 15) is 14.6 Å². The van der Waals surface area contributed by atoms with Crippen LogP contribution in [-0.4, -0.2) is 22.4 Å². The lowest BCUT2D eigenvalue weighted by atomic mass is 9.88. The summed E-state index contributed by atoms with van der Waals surface area (Å²) in [6, 6.07) is 4.62. The third-order valence-electron chi connectivity index (χ3n) is 3.53. The minimum absolute atomic E-state index is 0.00519. The normalized spacial score (nSPS) is 38.8. The largest absolute Gasteiger partial charge is 0.390 e. The smallest absolute Gasteiger partial charge is 0.123 e. The van der Waals surface area contributed by atoms with Crippen LogP contribution in [0.3, 0.4) is 0 Å². The van der Waals surface area contributed by atoms with E-state index in [4.69, 9.17) is 0 Å². The summed E-state index contributed by atoms with van der Waals surface area (Å²) in [5.74, 6) is -0.329. The molecule has 3 heteroatoms. The van der Waals surface area contributed by atoms with Crippen molar-refractivity contribution < 1.29 is 14.6 Å². The highest BCUT2D eigenvalue weighted by molar-refractivity contribution is 5.44. The molecule has 4 unspecified atom stereocenters. The second kappa shape index (κ2) is 2.55. The van der Waals surface area contributed by atoms with Crippen LogP contribution >= 0.6 is 0 Å². The highest BCUT2D eigenvalue weighted by Gasteiger charge is 2.49. The van der Waals surface area contributed by atoms with Crippen LogP contribution in [0, 0.1) is 5.82 Å². The summed E-state index contributed by atoms with van der Waals surface area (Å²) in [4.78, 5) is 0. The molecule has 1 aromatic rings. The highest BCUT2D eigenvalue weighted by Crippen LogP contribution is 2.53. The van der Waals surface area contributed by atoms with Gasteiger partial charge in [0.2, 0.25) is 0 Å². The van der Waals surface area contributed by atoms with Crippen LogP contribution in [0.2, 0.25) is 0 Å². The zero-order valence-corrected chi connectivity index (χ0v) is 7.52. The molecule has 2 aliphatic carbocycles. The average Bonchev–Trinajstić information content (AvgIpc) is 2.65. The summed E-state index contributed by atoms with van der Waals surface area (Å²) in [5.41, 5.74) is 1.89. The molecule has 0 amide bonds. The maximum atomic E-state index is 13.0. The minimum atomic E-state index is -0.714. The standard InChI is InChI=1S/C11H11FO2/c12-5-1-2-6-7(3-5)9-4-8(6)10(13)11(9)14/h1-3,8-11,13-14H,4H2. The fourth-order valence-corrected chi connectivity index (χ4v) is 2.85. The molecule has 2 nitrogen and oxygen atoms in total. The predicted octanol–water partition coefficient (Wildman–Crippen LogP) is 1.13. The van der Waals surface area contributed by atoms with E-state index in [2.05, 4.69) is 0 Å². The van der Waals surface area contributed by atoms with Gasteiger partial charge in [-0.1, -0.05) is 6.07 Å². The molecule has 1 saturated carbocycles. The second-order valence-corrected chi connectivity index (χ2v) is 4.20. The van der Waals surface area contributed by atoms with Crippen LogP contribution in [0.15, 0.2) is 18.2 Å². The average molecular weight is 194 g/mol. The first-order chi connectivity index (χ1) is 6.68. The predicted molar refractivity (Wildman–Crippen MR) is 48.5 cm³/mol. The third kappa shape index (κ3) is 0.863. The van der Waals surface area contributed by atoms with Gasteiger partial charge < -0.3 is 10.2 Å². The van der Waals surface area contributed by atoms with Crippen molar-refractivity contribution in [2.75, 3.05) is 0 Å². The zero-order chi connectivity index (χ0) is 9.87. The molecular formula is C11H11FO2. The maximum absolute atomic E-state index is 13.0. The molecule has 2 bridgehead atoms. The lowest BCUT2D eigenvalue weighted by Crippen LogP contribution is -2.31. The molecule has 3 rings (SSSR count). The van der Waals surface area contributed by atoms with Crippen molar-refractivity contribution in [2.24, 2.45) is 0 Å². The Morgan fingerprint density at radius 1 is 1.07 bits per heavy atom. The van der Waals surface area contributed by atoms with Crippen molar-refractivity contribution in [1.29, 1.82) is 0 Å². The summed E-state index contributed by atoms with van der Waals surface area (Å²) >= 11 is 0. The highest BCUT2D eigenvalue weighted by atomic mass is 19.1. The molecule has 2 aliphatic rings. The van der Waals surface area contributed by atoms with E-state index in [0.717, 1.165) is 17.5 Å². The number of aliphatic hydroxyl groups is 2. The van der Waals surface area contributed by atoms with Crippen LogP contribution in [0.25, 0.3) is 0 Å². The molecule has 1 aromatic carbocycles. The Morgan fingerprint density at radius 2 is 1.71 bits per heavy atom. The molecule has 1 fully saturated rings. The van der Waals surface area contributed by atoms with E-state index in [-0.39, 0.29) is 17.7 Å². The van der Waals surface area contributed by atoms with Gasteiger partial charge in [-0.2, -0.15) is 0 Å². The molecule has 74 valence electrons. The minimum Gasteiger partial charge on any atom is -0.390 e. The number of fused-ring (bicyclic) bond motifs is 5. The van der Waals surface area contributed by atoms with Gasteiger partial charge in [-0.05, 0) is 29.7 Å². The SMILES string of the molecule is OC1C2CC(c3cc(F)ccc32)C1O. The fraction of sp³-hybridized carbons (Fsp3) is 0.455. The number of halogens is 1. The quantitative estimate of drug-likeness (QED) is 0.650. The summed E-state index contributed by atoms with van der Waals surface area (Å²) in [7, 11) is 0. The number of aliphatic hydroxyl groups excluding tert-OH is 2. The van der Waals surface area contributed by atoms with Crippen molar-refractivity contribution >= 4 is 0 Å². The summed E-state index contributed by atoms with van der Waals surface area (Å²) in [6.45, 7) is 0. The van der Waals surface area contributed by atoms with Gasteiger partial charge in [0, 0.05) is 11.8 Å². The fourth-order valence-electron chi connectivity index (χ4n) is 2.85. The number of hydrogen-bond acceptors (Lipinski definition) is 2. The van der Waals surface area contributed by atoms with E-state index in [0.29, 0.717) is 0 Å². The van der Waals surface area contributed by atoms with Crippen molar-refractivity contribution in [3.05, 3.63) is 35.1 Å². The Hall–Kier alpha value is -0.930. The monoisotopic (exact) mass is 194 g/mol. The summed E-state index contributed by atoms with van der Waals surface area (Å²) in [6.07, 6.45) is -0.631. The van der Waals surface area contributed by atoms with E-state index in [1.807, 2.05) is 0 Å². The van der Waals surface area contributed by atoms with Crippen molar-refractivity contribution in [1.82, 2.24) is 0 Å². The van der Waals surface area contributed by atoms with Crippen molar-refractivity contribution in [2.45, 2.75) is 30.5 Å². The summed E-state index contributed by atoms with van der Waals surface area (Å²) < 4.78 is 13.0. The van der Waals surface area contributed by atoms with Gasteiger partial charge in [0.25, 0.3) is 0 Å². The van der Waals surface area contributed by atoms with Crippen LogP contribution in [-0.2, 0) is 0 Å². The van der Waals surface area contributed by atoms with Gasteiger partial charge in [-0.15, -0.1) is 0 Å². The van der Waals surface area contributed by atoms with E-state index in [1.165, 1.54) is 12.1 Å². The summed E-state index contributed by atoms with van der Waals surface area (Å²) in [5, 5.41) is 19.3. The Kier molecular flexibility index (Phi) is 1.53. The molecule has 0 radical (unpaired) electrons. The number of hydrogen-bond donors (Lipinski definition) is 2. The Bertz CT molecular complexity index is 391. The molecule has 0 heterocycles. The molecule has 14 heavy (non-hydrogen) atoms. The van der Waals surface area contributed by atoms with Gasteiger partial charge >= 0.3 is 0 Å². The van der Waals surface area contributed by atoms with Crippen molar-refractivity contribution in [3.63, 3.8) is 0 Å². The van der Waals surface area contributed by atoms with Crippen LogP contribution in [0.5, 0.6) is 0 Å². The Balaban J connectivity index is 2.15.